The quantitative estimate of drug-likeness (QED) is 0.561. The molecule has 0 bridgehead atoms. The van der Waals surface area contributed by atoms with Crippen molar-refractivity contribution in [1.82, 2.24) is 14.6 Å². The molecule has 4 rings (SSSR count). The highest BCUT2D eigenvalue weighted by Gasteiger charge is 2.29. The Morgan fingerprint density at radius 2 is 1.97 bits per heavy atom. The average molecular weight is 451 g/mol. The summed E-state index contributed by atoms with van der Waals surface area (Å²) in [5.41, 5.74) is 3.13. The van der Waals surface area contributed by atoms with Gasteiger partial charge in [-0.15, -0.1) is 11.8 Å². The summed E-state index contributed by atoms with van der Waals surface area (Å²) in [6.07, 6.45) is 3.52. The van der Waals surface area contributed by atoms with Crippen LogP contribution in [0.5, 0.6) is 0 Å². The summed E-state index contributed by atoms with van der Waals surface area (Å²) in [5.74, 6) is -0.244. The number of aryl methyl sites for hydroxylation is 1. The van der Waals surface area contributed by atoms with Gasteiger partial charge >= 0.3 is 5.97 Å². The summed E-state index contributed by atoms with van der Waals surface area (Å²) in [5, 5.41) is 15.4. The van der Waals surface area contributed by atoms with E-state index in [4.69, 9.17) is 33.3 Å². The van der Waals surface area contributed by atoms with Gasteiger partial charge in [-0.1, -0.05) is 23.2 Å². The minimum absolute atomic E-state index is 0.385. The van der Waals surface area contributed by atoms with Crippen LogP contribution in [0.25, 0.3) is 16.9 Å². The maximum absolute atomic E-state index is 11.6. The monoisotopic (exact) mass is 450 g/mol. The molecule has 0 aliphatic carbocycles. The highest BCUT2D eigenvalue weighted by Crippen LogP contribution is 2.36. The third-order valence-electron chi connectivity index (χ3n) is 5.14. The van der Waals surface area contributed by atoms with Gasteiger partial charge in [-0.25, -0.2) is 4.98 Å². The Hall–Kier alpha value is -1.96. The molecule has 1 aromatic carbocycles. The molecule has 0 spiro atoms. The molecule has 1 aliphatic rings. The van der Waals surface area contributed by atoms with Gasteiger partial charge in [0.2, 0.25) is 0 Å². The van der Waals surface area contributed by atoms with E-state index in [0.717, 1.165) is 34.9 Å². The number of carboxylic acids is 1. The van der Waals surface area contributed by atoms with E-state index in [9.17, 15) is 9.90 Å². The first kappa shape index (κ1) is 20.3. The Morgan fingerprint density at radius 1 is 1.24 bits per heavy atom. The largest absolute Gasteiger partial charge is 0.481 e. The predicted molar refractivity (Wildman–Crippen MR) is 118 cm³/mol. The molecule has 1 fully saturated rings. The molecule has 1 atom stereocenters. The second kappa shape index (κ2) is 8.05. The van der Waals surface area contributed by atoms with Crippen LogP contribution in [0.4, 0.5) is 5.82 Å². The van der Waals surface area contributed by atoms with E-state index in [1.54, 1.807) is 17.8 Å². The Bertz CT molecular complexity index is 1080. The van der Waals surface area contributed by atoms with Crippen LogP contribution in [-0.2, 0) is 4.79 Å². The lowest BCUT2D eigenvalue weighted by Crippen LogP contribution is -2.40. The van der Waals surface area contributed by atoms with Crippen molar-refractivity contribution in [3.63, 3.8) is 0 Å². The number of carbonyl (C=O) groups is 1. The number of rotatable bonds is 4. The first-order chi connectivity index (χ1) is 13.9. The summed E-state index contributed by atoms with van der Waals surface area (Å²) >= 11 is 13.9. The Labute approximate surface area is 182 Å². The van der Waals surface area contributed by atoms with Crippen molar-refractivity contribution in [3.05, 3.63) is 40.0 Å². The second-order valence-corrected chi connectivity index (χ2v) is 8.82. The maximum atomic E-state index is 11.6. The van der Waals surface area contributed by atoms with Crippen LogP contribution in [-0.4, -0.2) is 45.0 Å². The number of nitrogens with zero attached hydrogens (tertiary/aromatic N) is 4. The number of benzene rings is 1. The van der Waals surface area contributed by atoms with Crippen LogP contribution in [0.1, 0.15) is 18.5 Å². The lowest BCUT2D eigenvalue weighted by molar-refractivity contribution is -0.141. The number of anilines is 1. The molecule has 9 heteroatoms. The summed E-state index contributed by atoms with van der Waals surface area (Å²) < 4.78 is 1.81. The average Bonchev–Trinajstić information content (AvgIpc) is 3.09. The molecule has 1 N–H and O–H groups in total. The molecule has 3 aromatic rings. The van der Waals surface area contributed by atoms with E-state index in [1.165, 1.54) is 0 Å². The molecule has 152 valence electrons. The maximum Gasteiger partial charge on any atom is 0.308 e. The van der Waals surface area contributed by atoms with Gasteiger partial charge in [0, 0.05) is 34.8 Å². The van der Waals surface area contributed by atoms with Gasteiger partial charge in [-0.05, 0) is 44.2 Å². The fourth-order valence-corrected chi connectivity index (χ4v) is 5.08. The Balaban J connectivity index is 1.88. The van der Waals surface area contributed by atoms with Crippen LogP contribution >= 0.6 is 35.0 Å². The third kappa shape index (κ3) is 3.91. The van der Waals surface area contributed by atoms with Crippen LogP contribution in [0.2, 0.25) is 10.0 Å². The lowest BCUT2D eigenvalue weighted by Gasteiger charge is -2.33. The van der Waals surface area contributed by atoms with Gasteiger partial charge in [0.1, 0.15) is 5.82 Å². The molecular weight excluding hydrogens is 431 g/mol. The number of carboxylic acid groups (broad SMARTS) is 1. The SMILES string of the molecule is CSc1c(C)nc2cc(-c3cc(Cl)cc(Cl)c3)nn2c1N1CCCC(C(=O)O)C1. The van der Waals surface area contributed by atoms with Crippen LogP contribution in [0.3, 0.4) is 0 Å². The van der Waals surface area contributed by atoms with E-state index in [-0.39, 0.29) is 5.92 Å². The molecule has 0 saturated carbocycles. The summed E-state index contributed by atoms with van der Waals surface area (Å²) in [4.78, 5) is 19.4. The van der Waals surface area contributed by atoms with E-state index < -0.39 is 5.97 Å². The van der Waals surface area contributed by atoms with E-state index in [1.807, 2.05) is 35.9 Å². The van der Waals surface area contributed by atoms with Crippen molar-refractivity contribution in [1.29, 1.82) is 0 Å². The molecule has 0 radical (unpaired) electrons. The number of aliphatic carboxylic acids is 1. The van der Waals surface area contributed by atoms with Crippen LogP contribution in [0, 0.1) is 12.8 Å². The fourth-order valence-electron chi connectivity index (χ4n) is 3.82. The summed E-state index contributed by atoms with van der Waals surface area (Å²) in [6.45, 7) is 3.21. The minimum Gasteiger partial charge on any atom is -0.481 e. The highest BCUT2D eigenvalue weighted by molar-refractivity contribution is 7.98. The number of thioether (sulfide) groups is 1. The van der Waals surface area contributed by atoms with Gasteiger partial charge in [0.15, 0.2) is 5.65 Å². The molecule has 2 aromatic heterocycles. The van der Waals surface area contributed by atoms with Crippen molar-refractivity contribution in [3.8, 4) is 11.3 Å². The van der Waals surface area contributed by atoms with E-state index >= 15 is 0 Å². The van der Waals surface area contributed by atoms with Crippen LogP contribution < -0.4 is 4.90 Å². The van der Waals surface area contributed by atoms with Crippen molar-refractivity contribution in [2.45, 2.75) is 24.7 Å². The number of fused-ring (bicyclic) bond motifs is 1. The summed E-state index contributed by atoms with van der Waals surface area (Å²) in [6, 6.07) is 7.22. The first-order valence-corrected chi connectivity index (χ1v) is 11.2. The van der Waals surface area contributed by atoms with Crippen molar-refractivity contribution in [2.75, 3.05) is 24.2 Å². The van der Waals surface area contributed by atoms with E-state index in [2.05, 4.69) is 4.90 Å². The van der Waals surface area contributed by atoms with Gasteiger partial charge in [0.25, 0.3) is 0 Å². The fraction of sp³-hybridized carbons (Fsp3) is 0.350. The molecule has 6 nitrogen and oxygen atoms in total. The van der Waals surface area contributed by atoms with Crippen LogP contribution in [0.15, 0.2) is 29.2 Å². The standard InChI is InChI=1S/C20H20Cl2N4O2S/c1-11-18(29-2)19(25-5-3-4-12(10-25)20(27)28)26-17(23-11)9-16(24-26)13-6-14(21)8-15(22)7-13/h6-9,12H,3-5,10H2,1-2H3,(H,27,28). The number of aromatic nitrogens is 3. The topological polar surface area (TPSA) is 70.7 Å². The lowest BCUT2D eigenvalue weighted by atomic mass is 9.98. The number of piperidine rings is 1. The molecule has 29 heavy (non-hydrogen) atoms. The van der Waals surface area contributed by atoms with Crippen molar-refractivity contribution < 1.29 is 9.90 Å². The minimum atomic E-state index is -0.753. The summed E-state index contributed by atoms with van der Waals surface area (Å²) in [7, 11) is 0. The molecule has 1 unspecified atom stereocenters. The second-order valence-electron chi connectivity index (χ2n) is 7.14. The van der Waals surface area contributed by atoms with Gasteiger partial charge < -0.3 is 10.0 Å². The number of hydrogen-bond acceptors (Lipinski definition) is 5. The molecular formula is C20H20Cl2N4O2S. The van der Waals surface area contributed by atoms with E-state index in [0.29, 0.717) is 34.4 Å². The zero-order chi connectivity index (χ0) is 20.7. The predicted octanol–water partition coefficient (Wildman–Crippen LogP) is 5.03. The van der Waals surface area contributed by atoms with Gasteiger partial charge in [-0.3, -0.25) is 4.79 Å². The smallest absolute Gasteiger partial charge is 0.308 e. The Morgan fingerprint density at radius 3 is 2.62 bits per heavy atom. The van der Waals surface area contributed by atoms with Crippen molar-refractivity contribution >= 4 is 52.4 Å². The molecule has 3 heterocycles. The van der Waals surface area contributed by atoms with Crippen molar-refractivity contribution in [2.24, 2.45) is 5.92 Å². The normalized spacial score (nSPS) is 17.1. The zero-order valence-corrected chi connectivity index (χ0v) is 18.4. The zero-order valence-electron chi connectivity index (χ0n) is 16.0. The highest BCUT2D eigenvalue weighted by atomic mass is 35.5. The van der Waals surface area contributed by atoms with Gasteiger partial charge in [0.05, 0.1) is 22.2 Å². The number of hydrogen-bond donors (Lipinski definition) is 1. The third-order valence-corrected chi connectivity index (χ3v) is 6.46. The van der Waals surface area contributed by atoms with Gasteiger partial charge in [-0.2, -0.15) is 9.61 Å². The molecule has 1 saturated heterocycles. The molecule has 0 amide bonds. The number of halogens is 2. The first-order valence-electron chi connectivity index (χ1n) is 9.26. The molecule has 1 aliphatic heterocycles. The Kier molecular flexibility index (Phi) is 5.64.